The summed E-state index contributed by atoms with van der Waals surface area (Å²) in [4.78, 5) is 15.6. The highest BCUT2D eigenvalue weighted by Gasteiger charge is 2.35. The number of likely N-dealkylation sites (tertiary alicyclic amines) is 1. The topological polar surface area (TPSA) is 65.0 Å². The average Bonchev–Trinajstić information content (AvgIpc) is 2.64. The number of amides is 1. The number of β-amino-alcohol motifs (C(OH)–C–C–N with tert-alkyl or cyclic N) is 1. The van der Waals surface area contributed by atoms with Gasteiger partial charge in [0, 0.05) is 6.54 Å². The van der Waals surface area contributed by atoms with Crippen LogP contribution in [0.15, 0.2) is 0 Å². The van der Waals surface area contributed by atoms with Gasteiger partial charge >= 0.3 is 6.09 Å². The number of aliphatic hydroxyl groups excluding tert-OH is 1. The predicted molar refractivity (Wildman–Crippen MR) is 78.8 cm³/mol. The second kappa shape index (κ2) is 7.24. The Morgan fingerprint density at radius 3 is 2.60 bits per heavy atom. The van der Waals surface area contributed by atoms with Crippen LogP contribution in [0.3, 0.4) is 0 Å². The maximum atomic E-state index is 11.9. The molecule has 2 atom stereocenters. The van der Waals surface area contributed by atoms with Crippen molar-refractivity contribution < 1.29 is 14.6 Å². The van der Waals surface area contributed by atoms with Gasteiger partial charge in [0.2, 0.25) is 0 Å². The molecule has 0 spiro atoms. The smallest absolute Gasteiger partial charge is 0.410 e. The van der Waals surface area contributed by atoms with Gasteiger partial charge in [0.15, 0.2) is 0 Å². The zero-order valence-electron chi connectivity index (χ0n) is 13.3. The van der Waals surface area contributed by atoms with Crippen LogP contribution in [-0.4, -0.2) is 79.0 Å². The van der Waals surface area contributed by atoms with Crippen LogP contribution in [0.25, 0.3) is 0 Å². The first-order valence-electron chi connectivity index (χ1n) is 7.23. The van der Waals surface area contributed by atoms with Gasteiger partial charge in [0.25, 0.3) is 0 Å². The van der Waals surface area contributed by atoms with Gasteiger partial charge in [-0.15, -0.1) is 0 Å². The fraction of sp³-hybridized carbons (Fsp3) is 0.929. The van der Waals surface area contributed by atoms with E-state index in [9.17, 15) is 9.90 Å². The van der Waals surface area contributed by atoms with Crippen LogP contribution in [0.5, 0.6) is 0 Å². The van der Waals surface area contributed by atoms with Crippen molar-refractivity contribution in [3.05, 3.63) is 0 Å². The Bertz CT molecular complexity index is 315. The van der Waals surface area contributed by atoms with Crippen molar-refractivity contribution in [2.45, 2.75) is 44.9 Å². The summed E-state index contributed by atoms with van der Waals surface area (Å²) in [5.74, 6) is 0. The van der Waals surface area contributed by atoms with Crippen LogP contribution in [0.4, 0.5) is 4.79 Å². The first-order valence-corrected chi connectivity index (χ1v) is 7.23. The molecule has 1 aliphatic rings. The molecule has 0 saturated carbocycles. The average molecular weight is 287 g/mol. The molecule has 6 heteroatoms. The standard InChI is InChI=1S/C14H29N3O3/c1-14(2,3)20-13(19)17-9-11(12(18)10-17)15-7-6-8-16(4)5/h11-12,15,18H,6-10H2,1-5H3/t11-,12-/m1/s1. The SMILES string of the molecule is CN(C)CCCN[C@@H]1CN(C(=O)OC(C)(C)C)C[C@H]1O. The van der Waals surface area contributed by atoms with E-state index < -0.39 is 11.7 Å². The van der Waals surface area contributed by atoms with Gasteiger partial charge in [-0.2, -0.15) is 0 Å². The molecule has 0 aliphatic carbocycles. The Morgan fingerprint density at radius 1 is 1.40 bits per heavy atom. The summed E-state index contributed by atoms with van der Waals surface area (Å²) in [6.07, 6.45) is 0.138. The molecule has 1 rings (SSSR count). The zero-order chi connectivity index (χ0) is 15.3. The fourth-order valence-electron chi connectivity index (χ4n) is 2.15. The van der Waals surface area contributed by atoms with E-state index in [1.54, 1.807) is 4.90 Å². The molecule has 0 unspecified atom stereocenters. The summed E-state index contributed by atoms with van der Waals surface area (Å²) in [7, 11) is 4.07. The molecule has 0 bridgehead atoms. The molecule has 118 valence electrons. The van der Waals surface area contributed by atoms with Gasteiger partial charge in [-0.1, -0.05) is 0 Å². The van der Waals surface area contributed by atoms with Crippen molar-refractivity contribution in [1.29, 1.82) is 0 Å². The number of nitrogens with zero attached hydrogens (tertiary/aromatic N) is 2. The molecular weight excluding hydrogens is 258 g/mol. The van der Waals surface area contributed by atoms with Crippen LogP contribution in [0.1, 0.15) is 27.2 Å². The highest BCUT2D eigenvalue weighted by Crippen LogP contribution is 2.15. The minimum Gasteiger partial charge on any atom is -0.444 e. The first kappa shape index (κ1) is 17.2. The molecule has 0 aromatic rings. The van der Waals surface area contributed by atoms with Crippen LogP contribution >= 0.6 is 0 Å². The fourth-order valence-corrected chi connectivity index (χ4v) is 2.15. The first-order chi connectivity index (χ1) is 9.19. The summed E-state index contributed by atoms with van der Waals surface area (Å²) in [6.45, 7) is 8.20. The number of ether oxygens (including phenoxy) is 1. The molecule has 6 nitrogen and oxygen atoms in total. The quantitative estimate of drug-likeness (QED) is 0.721. The molecule has 1 heterocycles. The van der Waals surface area contributed by atoms with Crippen molar-refractivity contribution in [3.63, 3.8) is 0 Å². The third-order valence-corrected chi connectivity index (χ3v) is 3.13. The summed E-state index contributed by atoms with van der Waals surface area (Å²) in [5, 5.41) is 13.3. The van der Waals surface area contributed by atoms with E-state index in [1.807, 2.05) is 34.9 Å². The molecule has 1 aliphatic heterocycles. The maximum Gasteiger partial charge on any atom is 0.410 e. The molecule has 20 heavy (non-hydrogen) atoms. The monoisotopic (exact) mass is 287 g/mol. The van der Waals surface area contributed by atoms with Crippen LogP contribution in [-0.2, 0) is 4.74 Å². The minimum absolute atomic E-state index is 0.0651. The number of carbonyl (C=O) groups excluding carboxylic acids is 1. The third-order valence-electron chi connectivity index (χ3n) is 3.13. The Kier molecular flexibility index (Phi) is 6.23. The molecule has 1 amide bonds. The summed E-state index contributed by atoms with van der Waals surface area (Å²) in [5.41, 5.74) is -0.501. The summed E-state index contributed by atoms with van der Waals surface area (Å²) in [6, 6.07) is -0.0651. The van der Waals surface area contributed by atoms with Gasteiger partial charge in [-0.3, -0.25) is 0 Å². The van der Waals surface area contributed by atoms with E-state index >= 15 is 0 Å². The Morgan fingerprint density at radius 2 is 2.05 bits per heavy atom. The Hall–Kier alpha value is -0.850. The Labute approximate surface area is 122 Å². The largest absolute Gasteiger partial charge is 0.444 e. The molecular formula is C14H29N3O3. The molecule has 0 aromatic heterocycles. The second-order valence-corrected chi connectivity index (χ2v) is 6.67. The number of carbonyl (C=O) groups is 1. The Balaban J connectivity index is 2.33. The van der Waals surface area contributed by atoms with Crippen LogP contribution < -0.4 is 5.32 Å². The number of aliphatic hydroxyl groups is 1. The summed E-state index contributed by atoms with van der Waals surface area (Å²) >= 11 is 0. The zero-order valence-corrected chi connectivity index (χ0v) is 13.3. The summed E-state index contributed by atoms with van der Waals surface area (Å²) < 4.78 is 5.32. The van der Waals surface area contributed by atoms with Crippen molar-refractivity contribution in [1.82, 2.24) is 15.1 Å². The van der Waals surface area contributed by atoms with Gasteiger partial charge in [-0.05, 0) is 54.4 Å². The number of hydrogen-bond donors (Lipinski definition) is 2. The van der Waals surface area contributed by atoms with E-state index in [-0.39, 0.29) is 12.1 Å². The van der Waals surface area contributed by atoms with E-state index in [2.05, 4.69) is 10.2 Å². The van der Waals surface area contributed by atoms with Crippen molar-refractivity contribution in [2.75, 3.05) is 40.3 Å². The lowest BCUT2D eigenvalue weighted by atomic mass is 10.2. The van der Waals surface area contributed by atoms with Crippen LogP contribution in [0.2, 0.25) is 0 Å². The molecule has 0 radical (unpaired) electrons. The molecule has 2 N–H and O–H groups in total. The lowest BCUT2D eigenvalue weighted by Gasteiger charge is -2.24. The second-order valence-electron chi connectivity index (χ2n) is 6.67. The number of nitrogens with one attached hydrogen (secondary N) is 1. The molecule has 1 fully saturated rings. The highest BCUT2D eigenvalue weighted by molar-refractivity contribution is 5.68. The van der Waals surface area contributed by atoms with Crippen LogP contribution in [0, 0.1) is 0 Å². The van der Waals surface area contributed by atoms with Gasteiger partial charge in [0.1, 0.15) is 5.60 Å². The predicted octanol–water partition coefficient (Wildman–Crippen LogP) is 0.508. The van der Waals surface area contributed by atoms with E-state index in [0.717, 1.165) is 19.5 Å². The van der Waals surface area contributed by atoms with E-state index in [1.165, 1.54) is 0 Å². The van der Waals surface area contributed by atoms with Crippen molar-refractivity contribution >= 4 is 6.09 Å². The van der Waals surface area contributed by atoms with Crippen molar-refractivity contribution in [3.8, 4) is 0 Å². The van der Waals surface area contributed by atoms with Gasteiger partial charge in [0.05, 0.1) is 18.7 Å². The molecule has 1 saturated heterocycles. The van der Waals surface area contributed by atoms with Gasteiger partial charge in [-0.25, -0.2) is 4.79 Å². The normalized spacial score (nSPS) is 23.4. The number of hydrogen-bond acceptors (Lipinski definition) is 5. The lowest BCUT2D eigenvalue weighted by Crippen LogP contribution is -2.41. The van der Waals surface area contributed by atoms with E-state index in [0.29, 0.717) is 13.1 Å². The minimum atomic E-state index is -0.526. The lowest BCUT2D eigenvalue weighted by molar-refractivity contribution is 0.0270. The highest BCUT2D eigenvalue weighted by atomic mass is 16.6. The third kappa shape index (κ3) is 6.07. The molecule has 0 aromatic carbocycles. The van der Waals surface area contributed by atoms with Gasteiger partial charge < -0.3 is 25.0 Å². The van der Waals surface area contributed by atoms with E-state index in [4.69, 9.17) is 4.74 Å². The van der Waals surface area contributed by atoms with Crippen molar-refractivity contribution in [2.24, 2.45) is 0 Å². The number of rotatable bonds is 5. The maximum absolute atomic E-state index is 11.9.